The van der Waals surface area contributed by atoms with E-state index in [2.05, 4.69) is 14.8 Å². The van der Waals surface area contributed by atoms with E-state index in [4.69, 9.17) is 11.6 Å². The van der Waals surface area contributed by atoms with Crippen molar-refractivity contribution in [3.05, 3.63) is 40.7 Å². The highest BCUT2D eigenvalue weighted by atomic mass is 35.5. The second-order valence-electron chi connectivity index (χ2n) is 6.35. The third-order valence-corrected chi connectivity index (χ3v) is 5.63. The van der Waals surface area contributed by atoms with Crippen LogP contribution >= 0.6 is 23.4 Å². The molecule has 1 heterocycles. The lowest BCUT2D eigenvalue weighted by Gasteiger charge is -2.12. The number of thioether (sulfide) groups is 1. The zero-order chi connectivity index (χ0) is 16.0. The summed E-state index contributed by atoms with van der Waals surface area (Å²) in [5.74, 6) is 1.81. The summed E-state index contributed by atoms with van der Waals surface area (Å²) in [5.41, 5.74) is 0.689. The second-order valence-corrected chi connectivity index (χ2v) is 8.09. The lowest BCUT2D eigenvalue weighted by molar-refractivity contribution is 0.0994. The van der Waals surface area contributed by atoms with Gasteiger partial charge in [0.15, 0.2) is 10.9 Å². The first-order chi connectivity index (χ1) is 11.1. The van der Waals surface area contributed by atoms with Gasteiger partial charge in [-0.3, -0.25) is 4.79 Å². The van der Waals surface area contributed by atoms with Gasteiger partial charge in [0.05, 0.1) is 5.25 Å². The van der Waals surface area contributed by atoms with Gasteiger partial charge in [-0.1, -0.05) is 23.4 Å². The van der Waals surface area contributed by atoms with Gasteiger partial charge in [-0.25, -0.2) is 0 Å². The number of hydrogen-bond donors (Lipinski definition) is 0. The Bertz CT molecular complexity index is 735. The van der Waals surface area contributed by atoms with E-state index in [9.17, 15) is 4.79 Å². The van der Waals surface area contributed by atoms with Crippen molar-refractivity contribution in [2.75, 3.05) is 0 Å². The Morgan fingerprint density at radius 1 is 1.22 bits per heavy atom. The van der Waals surface area contributed by atoms with Gasteiger partial charge in [0.2, 0.25) is 0 Å². The highest BCUT2D eigenvalue weighted by molar-refractivity contribution is 8.00. The van der Waals surface area contributed by atoms with Crippen molar-refractivity contribution >= 4 is 29.1 Å². The normalized spacial score (nSPS) is 18.9. The molecule has 0 amide bonds. The smallest absolute Gasteiger partial charge is 0.192 e. The van der Waals surface area contributed by atoms with Crippen molar-refractivity contribution in [1.82, 2.24) is 14.8 Å². The zero-order valence-electron chi connectivity index (χ0n) is 12.9. The van der Waals surface area contributed by atoms with Crippen LogP contribution in [0.5, 0.6) is 0 Å². The number of rotatable bonds is 6. The summed E-state index contributed by atoms with van der Waals surface area (Å²) in [6.07, 6.45) is 4.83. The number of carbonyl (C=O) groups is 1. The third-order valence-electron chi connectivity index (χ3n) is 4.33. The van der Waals surface area contributed by atoms with Crippen molar-refractivity contribution in [2.24, 2.45) is 0 Å². The monoisotopic (exact) mass is 347 g/mol. The van der Waals surface area contributed by atoms with Crippen molar-refractivity contribution < 1.29 is 4.79 Å². The van der Waals surface area contributed by atoms with Crippen molar-refractivity contribution in [1.29, 1.82) is 0 Å². The van der Waals surface area contributed by atoms with Crippen LogP contribution in [-0.2, 0) is 0 Å². The van der Waals surface area contributed by atoms with Crippen LogP contribution in [0.25, 0.3) is 0 Å². The molecule has 2 aliphatic carbocycles. The Hall–Kier alpha value is -1.33. The lowest BCUT2D eigenvalue weighted by atomic mass is 10.1. The molecule has 1 aromatic heterocycles. The van der Waals surface area contributed by atoms with Gasteiger partial charge in [0.1, 0.15) is 5.82 Å². The highest BCUT2D eigenvalue weighted by Gasteiger charge is 2.37. The van der Waals surface area contributed by atoms with E-state index in [1.807, 2.05) is 6.92 Å². The zero-order valence-corrected chi connectivity index (χ0v) is 14.5. The average Bonchev–Trinajstić information content (AvgIpc) is 3.46. The number of Topliss-reactive ketones (excluding diaryl/α,β-unsaturated/α-hetero) is 1. The van der Waals surface area contributed by atoms with E-state index in [0.29, 0.717) is 22.5 Å². The average molecular weight is 348 g/mol. The molecule has 2 fully saturated rings. The Morgan fingerprint density at radius 2 is 1.91 bits per heavy atom. The molecule has 2 aliphatic rings. The van der Waals surface area contributed by atoms with Gasteiger partial charge in [-0.15, -0.1) is 10.2 Å². The standard InChI is InChI=1S/C17H18ClN3OS/c1-10(15(22)11-4-6-13(18)7-5-11)23-17-20-19-16(12-2-3-12)21(17)14-8-9-14/h4-7,10,12,14H,2-3,8-9H2,1H3. The van der Waals surface area contributed by atoms with Gasteiger partial charge < -0.3 is 4.57 Å². The number of hydrogen-bond acceptors (Lipinski definition) is 4. The fourth-order valence-electron chi connectivity index (χ4n) is 2.73. The minimum atomic E-state index is -0.190. The molecule has 0 saturated heterocycles. The number of halogens is 1. The second kappa shape index (κ2) is 5.95. The van der Waals surface area contributed by atoms with E-state index in [1.54, 1.807) is 24.3 Å². The Balaban J connectivity index is 1.53. The molecule has 0 spiro atoms. The number of ketones is 1. The predicted octanol–water partition coefficient (Wildman–Crippen LogP) is 4.51. The molecule has 0 radical (unpaired) electrons. The number of benzene rings is 1. The van der Waals surface area contributed by atoms with Crippen molar-refractivity contribution in [3.8, 4) is 0 Å². The molecule has 2 aromatic rings. The number of nitrogens with zero attached hydrogens (tertiary/aromatic N) is 3. The molecule has 4 nitrogen and oxygen atoms in total. The van der Waals surface area contributed by atoms with Crippen LogP contribution in [0.4, 0.5) is 0 Å². The summed E-state index contributed by atoms with van der Waals surface area (Å²) in [6.45, 7) is 1.93. The maximum Gasteiger partial charge on any atom is 0.192 e. The summed E-state index contributed by atoms with van der Waals surface area (Å²) < 4.78 is 2.29. The summed E-state index contributed by atoms with van der Waals surface area (Å²) in [7, 11) is 0. The molecular formula is C17H18ClN3OS. The van der Waals surface area contributed by atoms with Crippen LogP contribution in [0.3, 0.4) is 0 Å². The molecule has 0 bridgehead atoms. The molecule has 1 aromatic carbocycles. The molecule has 2 saturated carbocycles. The molecule has 4 rings (SSSR count). The summed E-state index contributed by atoms with van der Waals surface area (Å²) >= 11 is 7.41. The van der Waals surface area contributed by atoms with E-state index in [0.717, 1.165) is 11.0 Å². The summed E-state index contributed by atoms with van der Waals surface area (Å²) in [6, 6.07) is 7.61. The maximum absolute atomic E-state index is 12.6. The van der Waals surface area contributed by atoms with Crippen molar-refractivity contribution in [3.63, 3.8) is 0 Å². The molecule has 1 unspecified atom stereocenters. The Kier molecular flexibility index (Phi) is 3.93. The fraction of sp³-hybridized carbons (Fsp3) is 0.471. The first kappa shape index (κ1) is 15.2. The van der Waals surface area contributed by atoms with E-state index in [1.165, 1.54) is 37.4 Å². The van der Waals surface area contributed by atoms with Crippen LogP contribution in [0.2, 0.25) is 5.02 Å². The molecule has 23 heavy (non-hydrogen) atoms. The van der Waals surface area contributed by atoms with Gasteiger partial charge in [0.25, 0.3) is 0 Å². The quantitative estimate of drug-likeness (QED) is 0.570. The van der Waals surface area contributed by atoms with Crippen molar-refractivity contribution in [2.45, 2.75) is 55.0 Å². The van der Waals surface area contributed by atoms with E-state index < -0.39 is 0 Å². The predicted molar refractivity (Wildman–Crippen MR) is 91.4 cm³/mol. The minimum absolute atomic E-state index is 0.102. The lowest BCUT2D eigenvalue weighted by Crippen LogP contribution is -2.14. The Labute approximate surface area is 144 Å². The minimum Gasteiger partial charge on any atom is -0.303 e. The summed E-state index contributed by atoms with van der Waals surface area (Å²) in [4.78, 5) is 12.6. The SMILES string of the molecule is CC(Sc1nnc(C2CC2)n1C1CC1)C(=O)c1ccc(Cl)cc1. The van der Waals surface area contributed by atoms with E-state index >= 15 is 0 Å². The molecule has 0 N–H and O–H groups in total. The van der Waals surface area contributed by atoms with Crippen LogP contribution in [-0.4, -0.2) is 25.8 Å². The molecule has 120 valence electrons. The topological polar surface area (TPSA) is 47.8 Å². The maximum atomic E-state index is 12.6. The number of aromatic nitrogens is 3. The molecular weight excluding hydrogens is 330 g/mol. The van der Waals surface area contributed by atoms with Gasteiger partial charge >= 0.3 is 0 Å². The van der Waals surface area contributed by atoms with Gasteiger partial charge in [-0.2, -0.15) is 0 Å². The molecule has 1 atom stereocenters. The van der Waals surface area contributed by atoms with Crippen LogP contribution in [0.15, 0.2) is 29.4 Å². The number of carbonyl (C=O) groups excluding carboxylic acids is 1. The highest BCUT2D eigenvalue weighted by Crippen LogP contribution is 2.46. The molecule has 0 aliphatic heterocycles. The first-order valence-corrected chi connectivity index (χ1v) is 9.30. The fourth-order valence-corrected chi connectivity index (χ4v) is 3.85. The largest absolute Gasteiger partial charge is 0.303 e. The van der Waals surface area contributed by atoms with E-state index in [-0.39, 0.29) is 11.0 Å². The summed E-state index contributed by atoms with van der Waals surface area (Å²) in [5, 5.41) is 10.1. The van der Waals surface area contributed by atoms with Crippen LogP contribution in [0, 0.1) is 0 Å². The van der Waals surface area contributed by atoms with Gasteiger partial charge in [0, 0.05) is 22.5 Å². The van der Waals surface area contributed by atoms with Crippen LogP contribution < -0.4 is 0 Å². The van der Waals surface area contributed by atoms with Crippen LogP contribution in [0.1, 0.15) is 60.7 Å². The first-order valence-electron chi connectivity index (χ1n) is 8.04. The third kappa shape index (κ3) is 3.17. The van der Waals surface area contributed by atoms with Gasteiger partial charge in [-0.05, 0) is 56.9 Å². The molecule has 6 heteroatoms. The Morgan fingerprint density at radius 3 is 2.52 bits per heavy atom.